The molecule has 0 nitrogen and oxygen atoms in total. The van der Waals surface area contributed by atoms with Gasteiger partial charge in [-0.2, -0.15) is 13.2 Å². The van der Waals surface area contributed by atoms with Gasteiger partial charge in [0, 0.05) is 9.79 Å². The monoisotopic (exact) mass is 272 g/mol. The van der Waals surface area contributed by atoms with Crippen LogP contribution in [-0.4, -0.2) is 0 Å². The summed E-state index contributed by atoms with van der Waals surface area (Å²) in [5, 5.41) is 0. The Hall–Kier alpha value is -1.49. The SMILES string of the molecule is Fc1cc(Sc2ccccc2)ccc1C(F)(F)F. The molecule has 0 fully saturated rings. The lowest BCUT2D eigenvalue weighted by atomic mass is 10.2. The summed E-state index contributed by atoms with van der Waals surface area (Å²) in [6, 6.07) is 12.0. The highest BCUT2D eigenvalue weighted by molar-refractivity contribution is 7.99. The summed E-state index contributed by atoms with van der Waals surface area (Å²) in [6.45, 7) is 0. The Morgan fingerprint density at radius 3 is 2.06 bits per heavy atom. The molecule has 0 saturated heterocycles. The fourth-order valence-electron chi connectivity index (χ4n) is 1.41. The molecule has 18 heavy (non-hydrogen) atoms. The minimum Gasteiger partial charge on any atom is -0.206 e. The number of alkyl halides is 3. The van der Waals surface area contributed by atoms with Gasteiger partial charge in [0.15, 0.2) is 0 Å². The molecule has 0 saturated carbocycles. The predicted octanol–water partition coefficient (Wildman–Crippen LogP) is 5.00. The molecular formula is C13H8F4S. The Bertz CT molecular complexity index is 534. The van der Waals surface area contributed by atoms with Gasteiger partial charge in [-0.25, -0.2) is 4.39 Å². The molecule has 0 N–H and O–H groups in total. The van der Waals surface area contributed by atoms with Gasteiger partial charge < -0.3 is 0 Å². The van der Waals surface area contributed by atoms with Gasteiger partial charge >= 0.3 is 6.18 Å². The number of benzene rings is 2. The summed E-state index contributed by atoms with van der Waals surface area (Å²) in [5.74, 6) is -1.25. The minimum atomic E-state index is -4.65. The van der Waals surface area contributed by atoms with Crippen LogP contribution in [-0.2, 0) is 6.18 Å². The van der Waals surface area contributed by atoms with Crippen LogP contribution in [0.1, 0.15) is 5.56 Å². The van der Waals surface area contributed by atoms with Crippen molar-refractivity contribution in [2.45, 2.75) is 16.0 Å². The molecule has 0 aliphatic carbocycles. The number of halogens is 4. The van der Waals surface area contributed by atoms with Crippen molar-refractivity contribution in [2.24, 2.45) is 0 Å². The van der Waals surface area contributed by atoms with Crippen molar-refractivity contribution >= 4 is 11.8 Å². The lowest BCUT2D eigenvalue weighted by Crippen LogP contribution is -2.07. The van der Waals surface area contributed by atoms with E-state index < -0.39 is 17.6 Å². The zero-order valence-corrected chi connectivity index (χ0v) is 9.86. The highest BCUT2D eigenvalue weighted by Gasteiger charge is 2.33. The molecule has 0 bridgehead atoms. The van der Waals surface area contributed by atoms with Crippen molar-refractivity contribution < 1.29 is 17.6 Å². The third-order valence-electron chi connectivity index (χ3n) is 2.22. The second-order valence-electron chi connectivity index (χ2n) is 3.55. The van der Waals surface area contributed by atoms with Gasteiger partial charge in [0.25, 0.3) is 0 Å². The Kier molecular flexibility index (Phi) is 3.61. The van der Waals surface area contributed by atoms with Crippen molar-refractivity contribution in [2.75, 3.05) is 0 Å². The predicted molar refractivity (Wildman–Crippen MR) is 62.0 cm³/mol. The minimum absolute atomic E-state index is 0.437. The van der Waals surface area contributed by atoms with E-state index >= 15 is 0 Å². The van der Waals surface area contributed by atoms with Gasteiger partial charge in [0.05, 0.1) is 5.56 Å². The molecule has 0 atom stereocenters. The Labute approximate surface area is 106 Å². The van der Waals surface area contributed by atoms with E-state index in [0.29, 0.717) is 4.90 Å². The number of hydrogen-bond donors (Lipinski definition) is 0. The molecule has 0 aliphatic rings. The first-order valence-electron chi connectivity index (χ1n) is 5.06. The first kappa shape index (κ1) is 13.0. The van der Waals surface area contributed by atoms with E-state index in [2.05, 4.69) is 0 Å². The van der Waals surface area contributed by atoms with Crippen LogP contribution in [0.25, 0.3) is 0 Å². The molecule has 0 heterocycles. The highest BCUT2D eigenvalue weighted by Crippen LogP contribution is 2.34. The summed E-state index contributed by atoms with van der Waals surface area (Å²) < 4.78 is 50.4. The van der Waals surface area contributed by atoms with E-state index in [-0.39, 0.29) is 0 Å². The van der Waals surface area contributed by atoms with Gasteiger partial charge in [-0.3, -0.25) is 0 Å². The van der Waals surface area contributed by atoms with Gasteiger partial charge in [-0.05, 0) is 30.3 Å². The fraction of sp³-hybridized carbons (Fsp3) is 0.0769. The third-order valence-corrected chi connectivity index (χ3v) is 3.22. The summed E-state index contributed by atoms with van der Waals surface area (Å²) in [5.41, 5.74) is -1.24. The summed E-state index contributed by atoms with van der Waals surface area (Å²) in [6.07, 6.45) is -4.65. The largest absolute Gasteiger partial charge is 0.419 e. The van der Waals surface area contributed by atoms with Gasteiger partial charge in [-0.15, -0.1) is 0 Å². The zero-order chi connectivity index (χ0) is 13.2. The molecule has 2 aromatic rings. The second-order valence-corrected chi connectivity index (χ2v) is 4.70. The average Bonchev–Trinajstić information content (AvgIpc) is 2.28. The number of rotatable bonds is 2. The van der Waals surface area contributed by atoms with Crippen LogP contribution < -0.4 is 0 Å². The standard InChI is InChI=1S/C13H8F4S/c14-12-8-10(6-7-11(12)13(15,16)17)18-9-4-2-1-3-5-9/h1-8H. The Morgan fingerprint density at radius 1 is 0.833 bits per heavy atom. The summed E-state index contributed by atoms with van der Waals surface area (Å²) in [7, 11) is 0. The van der Waals surface area contributed by atoms with Crippen LogP contribution in [0.5, 0.6) is 0 Å². The molecule has 0 spiro atoms. The maximum Gasteiger partial charge on any atom is 0.419 e. The quantitative estimate of drug-likeness (QED) is 0.693. The molecular weight excluding hydrogens is 264 g/mol. The van der Waals surface area contributed by atoms with Crippen molar-refractivity contribution in [1.82, 2.24) is 0 Å². The summed E-state index contributed by atoms with van der Waals surface area (Å²) >= 11 is 1.21. The Balaban J connectivity index is 2.25. The molecule has 5 heteroatoms. The average molecular weight is 272 g/mol. The lowest BCUT2D eigenvalue weighted by molar-refractivity contribution is -0.140. The van der Waals surface area contributed by atoms with Crippen molar-refractivity contribution in [3.05, 3.63) is 59.9 Å². The van der Waals surface area contributed by atoms with Crippen LogP contribution >= 0.6 is 11.8 Å². The summed E-state index contributed by atoms with van der Waals surface area (Å²) in [4.78, 5) is 1.28. The normalized spacial score (nSPS) is 11.6. The molecule has 0 aliphatic heterocycles. The van der Waals surface area contributed by atoms with Crippen molar-refractivity contribution in [1.29, 1.82) is 0 Å². The maximum absolute atomic E-state index is 13.3. The molecule has 0 radical (unpaired) electrons. The Morgan fingerprint density at radius 2 is 1.50 bits per heavy atom. The van der Waals surface area contributed by atoms with Gasteiger partial charge in [0.1, 0.15) is 5.82 Å². The fourth-order valence-corrected chi connectivity index (χ4v) is 2.28. The van der Waals surface area contributed by atoms with Crippen molar-refractivity contribution in [3.63, 3.8) is 0 Å². The van der Waals surface area contributed by atoms with Crippen LogP contribution in [0.15, 0.2) is 58.3 Å². The van der Waals surface area contributed by atoms with Crippen LogP contribution in [0.3, 0.4) is 0 Å². The van der Waals surface area contributed by atoms with E-state index in [1.54, 1.807) is 12.1 Å². The third kappa shape index (κ3) is 3.04. The zero-order valence-electron chi connectivity index (χ0n) is 9.04. The smallest absolute Gasteiger partial charge is 0.206 e. The maximum atomic E-state index is 13.3. The molecule has 2 aromatic carbocycles. The number of hydrogen-bond acceptors (Lipinski definition) is 1. The van der Waals surface area contributed by atoms with Crippen molar-refractivity contribution in [3.8, 4) is 0 Å². The highest BCUT2D eigenvalue weighted by atomic mass is 32.2. The molecule has 0 amide bonds. The van der Waals surface area contributed by atoms with Crippen LogP contribution in [0.2, 0.25) is 0 Å². The molecule has 2 rings (SSSR count). The van der Waals surface area contributed by atoms with E-state index in [0.717, 1.165) is 17.0 Å². The first-order valence-corrected chi connectivity index (χ1v) is 5.88. The lowest BCUT2D eigenvalue weighted by Gasteiger charge is -2.09. The molecule has 0 unspecified atom stereocenters. The van der Waals surface area contributed by atoms with E-state index in [9.17, 15) is 17.6 Å². The van der Waals surface area contributed by atoms with Gasteiger partial charge in [0.2, 0.25) is 0 Å². The molecule has 0 aromatic heterocycles. The van der Waals surface area contributed by atoms with Gasteiger partial charge in [-0.1, -0.05) is 30.0 Å². The molecule has 94 valence electrons. The van der Waals surface area contributed by atoms with Crippen LogP contribution in [0.4, 0.5) is 17.6 Å². The van der Waals surface area contributed by atoms with E-state index in [4.69, 9.17) is 0 Å². The van der Waals surface area contributed by atoms with E-state index in [1.165, 1.54) is 17.8 Å². The first-order chi connectivity index (χ1) is 8.47. The van der Waals surface area contributed by atoms with E-state index in [1.807, 2.05) is 18.2 Å². The van der Waals surface area contributed by atoms with Crippen LogP contribution in [0, 0.1) is 5.82 Å². The topological polar surface area (TPSA) is 0 Å². The second kappa shape index (κ2) is 5.02.